The lowest BCUT2D eigenvalue weighted by Crippen LogP contribution is -2.10. The summed E-state index contributed by atoms with van der Waals surface area (Å²) < 4.78 is 0. The second-order valence-corrected chi connectivity index (χ2v) is 7.13. The third-order valence-corrected chi connectivity index (χ3v) is 5.55. The number of fused-ring (bicyclic) bond motifs is 7. The SMILES string of the molecule is CN.c1ccc(N2c3ccccc3-c3[nH]c4ccccc4c3-c3ccccc32)cc1. The molecule has 0 radical (unpaired) electrons. The molecule has 6 rings (SSSR count). The summed E-state index contributed by atoms with van der Waals surface area (Å²) in [5, 5.41) is 1.26. The highest BCUT2D eigenvalue weighted by atomic mass is 15.2. The quantitative estimate of drug-likeness (QED) is 0.323. The fraction of sp³-hybridized carbons (Fsp3) is 0.0370. The fourth-order valence-corrected chi connectivity index (χ4v) is 4.37. The summed E-state index contributed by atoms with van der Waals surface area (Å²) in [5.74, 6) is 0. The van der Waals surface area contributed by atoms with Gasteiger partial charge in [0.15, 0.2) is 0 Å². The lowest BCUT2D eigenvalue weighted by atomic mass is 9.98. The average molecular weight is 390 g/mol. The van der Waals surface area contributed by atoms with Gasteiger partial charge in [-0.1, -0.05) is 72.8 Å². The minimum atomic E-state index is 1.16. The molecule has 3 nitrogen and oxygen atoms in total. The second kappa shape index (κ2) is 7.54. The number of nitrogens with one attached hydrogen (secondary N) is 1. The van der Waals surface area contributed by atoms with E-state index in [0.717, 1.165) is 5.69 Å². The number of hydrogen-bond donors (Lipinski definition) is 2. The maximum atomic E-state index is 4.50. The Kier molecular flexibility index (Phi) is 4.58. The second-order valence-electron chi connectivity index (χ2n) is 7.13. The van der Waals surface area contributed by atoms with Gasteiger partial charge in [-0.05, 0) is 37.4 Å². The zero-order valence-corrected chi connectivity index (χ0v) is 16.8. The Morgan fingerprint density at radius 1 is 0.600 bits per heavy atom. The number of hydrogen-bond acceptors (Lipinski definition) is 2. The molecule has 2 heterocycles. The van der Waals surface area contributed by atoms with E-state index in [1.165, 1.54) is 51.7 Å². The topological polar surface area (TPSA) is 45.0 Å². The van der Waals surface area contributed by atoms with Gasteiger partial charge in [0.1, 0.15) is 0 Å². The summed E-state index contributed by atoms with van der Waals surface area (Å²) in [4.78, 5) is 6.07. The van der Waals surface area contributed by atoms with Gasteiger partial charge < -0.3 is 15.6 Å². The highest BCUT2D eigenvalue weighted by Gasteiger charge is 2.27. The summed E-state index contributed by atoms with van der Waals surface area (Å²) in [5.41, 5.74) is 14.1. The van der Waals surface area contributed by atoms with Gasteiger partial charge in [-0.2, -0.15) is 0 Å². The van der Waals surface area contributed by atoms with Crippen LogP contribution in [0.3, 0.4) is 0 Å². The number of aromatic amines is 1. The molecule has 0 bridgehead atoms. The first-order chi connectivity index (χ1) is 14.9. The largest absolute Gasteiger partial charge is 0.354 e. The minimum Gasteiger partial charge on any atom is -0.354 e. The van der Waals surface area contributed by atoms with Crippen LogP contribution in [0.2, 0.25) is 0 Å². The predicted octanol–water partition coefficient (Wildman–Crippen LogP) is 6.86. The first-order valence-electron chi connectivity index (χ1n) is 10.1. The lowest BCUT2D eigenvalue weighted by molar-refractivity contribution is 1.29. The van der Waals surface area contributed by atoms with Gasteiger partial charge in [-0.25, -0.2) is 0 Å². The van der Waals surface area contributed by atoms with Crippen molar-refractivity contribution in [3.8, 4) is 22.4 Å². The number of benzene rings is 4. The Hall–Kier alpha value is -3.82. The highest BCUT2D eigenvalue weighted by molar-refractivity contribution is 6.11. The van der Waals surface area contributed by atoms with E-state index < -0.39 is 0 Å². The van der Waals surface area contributed by atoms with Crippen molar-refractivity contribution in [2.45, 2.75) is 0 Å². The molecule has 0 unspecified atom stereocenters. The number of para-hydroxylation sites is 4. The van der Waals surface area contributed by atoms with Crippen LogP contribution in [0.25, 0.3) is 33.3 Å². The Balaban J connectivity index is 0.000000937. The lowest BCUT2D eigenvalue weighted by Gasteiger charge is -2.27. The van der Waals surface area contributed by atoms with E-state index in [1.807, 2.05) is 0 Å². The van der Waals surface area contributed by atoms with Gasteiger partial charge in [0.25, 0.3) is 0 Å². The molecule has 1 aliphatic rings. The van der Waals surface area contributed by atoms with Crippen molar-refractivity contribution in [2.75, 3.05) is 11.9 Å². The maximum absolute atomic E-state index is 4.50. The Bertz CT molecular complexity index is 1320. The van der Waals surface area contributed by atoms with Gasteiger partial charge in [-0.3, -0.25) is 0 Å². The summed E-state index contributed by atoms with van der Waals surface area (Å²) in [6.45, 7) is 0. The molecule has 30 heavy (non-hydrogen) atoms. The Morgan fingerprint density at radius 3 is 1.93 bits per heavy atom. The molecular formula is C27H23N3. The minimum absolute atomic E-state index is 1.16. The van der Waals surface area contributed by atoms with Crippen molar-refractivity contribution in [3.05, 3.63) is 103 Å². The monoisotopic (exact) mass is 389 g/mol. The molecule has 3 N–H and O–H groups in total. The van der Waals surface area contributed by atoms with Crippen molar-refractivity contribution in [1.29, 1.82) is 0 Å². The normalized spacial score (nSPS) is 11.6. The summed E-state index contributed by atoms with van der Waals surface area (Å²) in [6.07, 6.45) is 0. The van der Waals surface area contributed by atoms with Crippen molar-refractivity contribution in [2.24, 2.45) is 5.73 Å². The van der Waals surface area contributed by atoms with Crippen LogP contribution in [-0.4, -0.2) is 12.0 Å². The van der Waals surface area contributed by atoms with Crippen molar-refractivity contribution in [3.63, 3.8) is 0 Å². The molecular weight excluding hydrogens is 366 g/mol. The molecule has 3 heteroatoms. The molecule has 0 saturated heterocycles. The number of nitrogens with two attached hydrogens (primary N) is 1. The van der Waals surface area contributed by atoms with Crippen molar-refractivity contribution < 1.29 is 0 Å². The van der Waals surface area contributed by atoms with Crippen LogP contribution in [0.4, 0.5) is 17.1 Å². The molecule has 0 saturated carbocycles. The van der Waals surface area contributed by atoms with Crippen LogP contribution in [0, 0.1) is 0 Å². The third kappa shape index (κ3) is 2.71. The van der Waals surface area contributed by atoms with Gasteiger partial charge in [-0.15, -0.1) is 0 Å². The smallest absolute Gasteiger partial charge is 0.0566 e. The van der Waals surface area contributed by atoms with E-state index in [4.69, 9.17) is 0 Å². The van der Waals surface area contributed by atoms with E-state index in [2.05, 4.69) is 119 Å². The molecule has 0 fully saturated rings. The maximum Gasteiger partial charge on any atom is 0.0566 e. The molecule has 0 aliphatic carbocycles. The zero-order chi connectivity index (χ0) is 20.5. The summed E-state index contributed by atoms with van der Waals surface area (Å²) >= 11 is 0. The molecule has 1 aromatic heterocycles. The molecule has 0 atom stereocenters. The van der Waals surface area contributed by atoms with Crippen LogP contribution < -0.4 is 10.6 Å². The molecule has 4 aromatic carbocycles. The Labute approximate surface area is 176 Å². The van der Waals surface area contributed by atoms with Gasteiger partial charge in [0, 0.05) is 33.3 Å². The standard InChI is InChI=1S/C26H18N2.CH5N/c1-2-10-18(11-3-1)28-23-16-8-5-13-20(23)25-19-12-4-7-15-22(19)27-26(25)21-14-6-9-17-24(21)28;1-2/h1-17,27H;2H2,1H3. The number of nitrogens with zero attached hydrogens (tertiary/aromatic N) is 1. The molecule has 146 valence electrons. The van der Waals surface area contributed by atoms with Crippen molar-refractivity contribution in [1.82, 2.24) is 4.98 Å². The van der Waals surface area contributed by atoms with E-state index >= 15 is 0 Å². The van der Waals surface area contributed by atoms with Crippen molar-refractivity contribution >= 4 is 28.0 Å². The van der Waals surface area contributed by atoms with Crippen LogP contribution in [0.1, 0.15) is 0 Å². The average Bonchev–Trinajstić information content (AvgIpc) is 3.16. The van der Waals surface area contributed by atoms with E-state index in [0.29, 0.717) is 0 Å². The molecule has 0 amide bonds. The number of rotatable bonds is 1. The first kappa shape index (κ1) is 18.2. The predicted molar refractivity (Wildman–Crippen MR) is 128 cm³/mol. The van der Waals surface area contributed by atoms with Crippen LogP contribution in [0.15, 0.2) is 103 Å². The van der Waals surface area contributed by atoms with E-state index in [1.54, 1.807) is 0 Å². The number of aromatic nitrogens is 1. The molecule has 1 aliphatic heterocycles. The zero-order valence-electron chi connectivity index (χ0n) is 16.8. The molecule has 0 spiro atoms. The van der Waals surface area contributed by atoms with Crippen LogP contribution in [0.5, 0.6) is 0 Å². The van der Waals surface area contributed by atoms with Crippen LogP contribution in [-0.2, 0) is 0 Å². The number of H-pyrrole nitrogens is 1. The van der Waals surface area contributed by atoms with Gasteiger partial charge in [0.2, 0.25) is 0 Å². The summed E-state index contributed by atoms with van der Waals surface area (Å²) in [6, 6.07) is 36.5. The summed E-state index contributed by atoms with van der Waals surface area (Å²) in [7, 11) is 1.50. The first-order valence-corrected chi connectivity index (χ1v) is 10.1. The van der Waals surface area contributed by atoms with E-state index in [-0.39, 0.29) is 0 Å². The Morgan fingerprint density at radius 2 is 1.17 bits per heavy atom. The van der Waals surface area contributed by atoms with E-state index in [9.17, 15) is 0 Å². The van der Waals surface area contributed by atoms with Gasteiger partial charge >= 0.3 is 0 Å². The van der Waals surface area contributed by atoms with Crippen LogP contribution >= 0.6 is 0 Å². The third-order valence-electron chi connectivity index (χ3n) is 5.55. The highest BCUT2D eigenvalue weighted by Crippen LogP contribution is 2.52. The fourth-order valence-electron chi connectivity index (χ4n) is 4.37. The van der Waals surface area contributed by atoms with Gasteiger partial charge in [0.05, 0.1) is 17.1 Å². The number of anilines is 3. The molecule has 5 aromatic rings.